The van der Waals surface area contributed by atoms with E-state index in [9.17, 15) is 15.3 Å². The van der Waals surface area contributed by atoms with Gasteiger partial charge in [-0.1, -0.05) is 6.58 Å². The highest BCUT2D eigenvalue weighted by Crippen LogP contribution is 2.36. The van der Waals surface area contributed by atoms with Gasteiger partial charge in [0.2, 0.25) is 5.82 Å². The molecule has 0 radical (unpaired) electrons. The van der Waals surface area contributed by atoms with Crippen molar-refractivity contribution in [3.63, 3.8) is 0 Å². The molecule has 1 N–H and O–H groups in total. The highest BCUT2D eigenvalue weighted by Gasteiger charge is 2.20. The van der Waals surface area contributed by atoms with Gasteiger partial charge in [0.15, 0.2) is 5.82 Å². The summed E-state index contributed by atoms with van der Waals surface area (Å²) in [4.78, 5) is 26.0. The Morgan fingerprint density at radius 1 is 1.26 bits per heavy atom. The summed E-state index contributed by atoms with van der Waals surface area (Å²) in [6.45, 7) is 6.51. The standard InChI is InChI=1S/C25H27N11O3/c1-5-20(37)39-13-11-35(3)24-19(15-27)17(2)21(23(31-24)28-10-7-12-38-4)32-33-22-18(14-26)16-36(34-22)25-29-8-6-9-30-25/h5-6,8-9,16H,1,7,10-13H2,2-4H3,(H,28,31). The molecule has 3 rings (SSSR count). The lowest BCUT2D eigenvalue weighted by molar-refractivity contribution is -0.137. The molecule has 0 spiro atoms. The Morgan fingerprint density at radius 3 is 2.69 bits per heavy atom. The van der Waals surface area contributed by atoms with Crippen molar-refractivity contribution in [3.8, 4) is 18.1 Å². The third kappa shape index (κ3) is 7.18. The van der Waals surface area contributed by atoms with E-state index in [4.69, 9.17) is 9.47 Å². The van der Waals surface area contributed by atoms with Crippen molar-refractivity contribution in [1.29, 1.82) is 10.5 Å². The van der Waals surface area contributed by atoms with Crippen LogP contribution < -0.4 is 10.2 Å². The predicted octanol–water partition coefficient (Wildman–Crippen LogP) is 3.14. The number of nitriles is 2. The number of hydrogen-bond acceptors (Lipinski definition) is 13. The zero-order chi connectivity index (χ0) is 28.2. The van der Waals surface area contributed by atoms with E-state index in [0.29, 0.717) is 42.5 Å². The minimum absolute atomic E-state index is 0.0541. The van der Waals surface area contributed by atoms with Crippen molar-refractivity contribution in [2.75, 3.05) is 50.7 Å². The van der Waals surface area contributed by atoms with Crippen LogP contribution in [0.15, 0.2) is 47.5 Å². The van der Waals surface area contributed by atoms with Gasteiger partial charge in [-0.3, -0.25) is 0 Å². The van der Waals surface area contributed by atoms with E-state index in [0.717, 1.165) is 6.08 Å². The molecule has 0 amide bonds. The van der Waals surface area contributed by atoms with E-state index in [1.165, 1.54) is 10.9 Å². The quantitative estimate of drug-likeness (QED) is 0.149. The number of pyridine rings is 1. The number of nitrogens with one attached hydrogen (secondary N) is 1. The van der Waals surface area contributed by atoms with Gasteiger partial charge in [-0.2, -0.15) is 10.5 Å². The molecule has 0 atom stereocenters. The molecule has 0 unspecified atom stereocenters. The van der Waals surface area contributed by atoms with E-state index in [1.54, 1.807) is 44.4 Å². The third-order valence-corrected chi connectivity index (χ3v) is 5.34. The van der Waals surface area contributed by atoms with Crippen molar-refractivity contribution in [2.45, 2.75) is 13.3 Å². The zero-order valence-electron chi connectivity index (χ0n) is 21.8. The van der Waals surface area contributed by atoms with Crippen LogP contribution >= 0.6 is 0 Å². The number of likely N-dealkylation sites (N-methyl/N-ethyl adjacent to an activating group) is 1. The second-order valence-electron chi connectivity index (χ2n) is 7.98. The average molecular weight is 530 g/mol. The van der Waals surface area contributed by atoms with Crippen molar-refractivity contribution in [2.24, 2.45) is 10.2 Å². The van der Waals surface area contributed by atoms with E-state index in [2.05, 4.69) is 48.2 Å². The first-order chi connectivity index (χ1) is 18.9. The fourth-order valence-corrected chi connectivity index (χ4v) is 3.33. The topological polar surface area (TPSA) is 180 Å². The number of anilines is 2. The Balaban J connectivity index is 1.99. The van der Waals surface area contributed by atoms with Gasteiger partial charge in [0.1, 0.15) is 35.8 Å². The maximum Gasteiger partial charge on any atom is 0.330 e. The Kier molecular flexibility index (Phi) is 10.1. The minimum Gasteiger partial charge on any atom is -0.461 e. The Hall–Kier alpha value is -5.21. The van der Waals surface area contributed by atoms with Crippen LogP contribution in [0, 0.1) is 29.6 Å². The summed E-state index contributed by atoms with van der Waals surface area (Å²) in [6.07, 6.45) is 6.34. The van der Waals surface area contributed by atoms with Gasteiger partial charge in [-0.05, 0) is 19.4 Å². The lowest BCUT2D eigenvalue weighted by Gasteiger charge is -2.22. The molecule has 200 valence electrons. The lowest BCUT2D eigenvalue weighted by Crippen LogP contribution is -2.26. The normalized spacial score (nSPS) is 10.6. The monoisotopic (exact) mass is 529 g/mol. The maximum atomic E-state index is 11.4. The Morgan fingerprint density at radius 2 is 2.03 bits per heavy atom. The Bertz CT molecular complexity index is 1420. The molecular formula is C25H27N11O3. The summed E-state index contributed by atoms with van der Waals surface area (Å²) in [6, 6.07) is 5.88. The van der Waals surface area contributed by atoms with E-state index in [-0.39, 0.29) is 36.0 Å². The van der Waals surface area contributed by atoms with Gasteiger partial charge < -0.3 is 19.7 Å². The zero-order valence-corrected chi connectivity index (χ0v) is 21.8. The molecule has 0 aromatic carbocycles. The number of rotatable bonds is 13. The first kappa shape index (κ1) is 28.4. The molecule has 14 nitrogen and oxygen atoms in total. The molecule has 3 aromatic heterocycles. The summed E-state index contributed by atoms with van der Waals surface area (Å²) in [5, 5.41) is 35.6. The smallest absolute Gasteiger partial charge is 0.330 e. The van der Waals surface area contributed by atoms with Gasteiger partial charge in [-0.25, -0.2) is 24.4 Å². The molecule has 3 aromatic rings. The summed E-state index contributed by atoms with van der Waals surface area (Å²) in [5.74, 6) is 0.536. The van der Waals surface area contributed by atoms with Crippen LogP contribution in [0.2, 0.25) is 0 Å². The first-order valence-electron chi connectivity index (χ1n) is 11.8. The number of carbonyl (C=O) groups excluding carboxylic acids is 1. The summed E-state index contributed by atoms with van der Waals surface area (Å²) in [5.41, 5.74) is 1.26. The molecule has 0 fully saturated rings. The van der Waals surface area contributed by atoms with Crippen molar-refractivity contribution >= 4 is 29.1 Å². The molecule has 0 saturated heterocycles. The van der Waals surface area contributed by atoms with Crippen molar-refractivity contribution in [1.82, 2.24) is 24.7 Å². The van der Waals surface area contributed by atoms with Crippen LogP contribution in [0.4, 0.5) is 23.1 Å². The van der Waals surface area contributed by atoms with Gasteiger partial charge >= 0.3 is 5.97 Å². The molecule has 0 aliphatic carbocycles. The maximum absolute atomic E-state index is 11.4. The number of hydrogen-bond donors (Lipinski definition) is 1. The molecule has 39 heavy (non-hydrogen) atoms. The van der Waals surface area contributed by atoms with Gasteiger partial charge in [0, 0.05) is 51.3 Å². The van der Waals surface area contributed by atoms with Crippen LogP contribution in [-0.4, -0.2) is 71.2 Å². The number of esters is 1. The van der Waals surface area contributed by atoms with Crippen molar-refractivity contribution < 1.29 is 14.3 Å². The molecule has 3 heterocycles. The second kappa shape index (κ2) is 13.9. The molecule has 0 aliphatic rings. The molecule has 14 heteroatoms. The highest BCUT2D eigenvalue weighted by atomic mass is 16.5. The fraction of sp³-hybridized carbons (Fsp3) is 0.320. The summed E-state index contributed by atoms with van der Waals surface area (Å²) >= 11 is 0. The molecule has 0 aliphatic heterocycles. The van der Waals surface area contributed by atoms with Crippen LogP contribution in [-0.2, 0) is 14.3 Å². The number of aromatic nitrogens is 5. The van der Waals surface area contributed by atoms with Crippen LogP contribution in [0.25, 0.3) is 5.95 Å². The number of azo groups is 1. The average Bonchev–Trinajstić information content (AvgIpc) is 3.38. The summed E-state index contributed by atoms with van der Waals surface area (Å²) in [7, 11) is 3.35. The lowest BCUT2D eigenvalue weighted by atomic mass is 10.1. The SMILES string of the molecule is C=CC(=O)OCCN(C)c1nc(NCCCOC)c(N=Nc2nn(-c3ncccn3)cc2C#N)c(C)c1C#N. The van der Waals surface area contributed by atoms with E-state index >= 15 is 0 Å². The number of methoxy groups -OCH3 is 1. The Labute approximate surface area is 225 Å². The van der Waals surface area contributed by atoms with Gasteiger partial charge in [0.25, 0.3) is 5.95 Å². The van der Waals surface area contributed by atoms with E-state index in [1.807, 2.05) is 6.07 Å². The number of ether oxygens (including phenoxy) is 2. The molecular weight excluding hydrogens is 502 g/mol. The van der Waals surface area contributed by atoms with Crippen LogP contribution in [0.1, 0.15) is 23.1 Å². The van der Waals surface area contributed by atoms with Gasteiger partial charge in [-0.15, -0.1) is 15.3 Å². The predicted molar refractivity (Wildman–Crippen MR) is 141 cm³/mol. The minimum atomic E-state index is -0.540. The summed E-state index contributed by atoms with van der Waals surface area (Å²) < 4.78 is 11.5. The van der Waals surface area contributed by atoms with Crippen LogP contribution in [0.5, 0.6) is 0 Å². The first-order valence-corrected chi connectivity index (χ1v) is 11.8. The highest BCUT2D eigenvalue weighted by molar-refractivity contribution is 5.81. The number of nitrogens with zero attached hydrogens (tertiary/aromatic N) is 10. The molecule has 0 bridgehead atoms. The largest absolute Gasteiger partial charge is 0.461 e. The van der Waals surface area contributed by atoms with Gasteiger partial charge in [0.05, 0.1) is 18.3 Å². The molecule has 0 saturated carbocycles. The third-order valence-electron chi connectivity index (χ3n) is 5.34. The van der Waals surface area contributed by atoms with E-state index < -0.39 is 5.97 Å². The number of carbonyl (C=O) groups is 1. The van der Waals surface area contributed by atoms with Crippen LogP contribution in [0.3, 0.4) is 0 Å². The van der Waals surface area contributed by atoms with Crippen molar-refractivity contribution in [3.05, 3.63) is 54.0 Å². The second-order valence-corrected chi connectivity index (χ2v) is 7.98. The fourth-order valence-electron chi connectivity index (χ4n) is 3.33.